The third-order valence-electron chi connectivity index (χ3n) is 9.39. The summed E-state index contributed by atoms with van der Waals surface area (Å²) < 4.78 is 34.5. The van der Waals surface area contributed by atoms with E-state index in [1.165, 1.54) is 33.4 Å². The van der Waals surface area contributed by atoms with Crippen LogP contribution in [0.15, 0.2) is 72.8 Å². The summed E-state index contributed by atoms with van der Waals surface area (Å²) in [7, 11) is 10.3. The fraction of sp³-hybridized carbons (Fsp3) is 0.368. The Morgan fingerprint density at radius 2 is 0.891 bits per heavy atom. The molecule has 0 amide bonds. The summed E-state index contributed by atoms with van der Waals surface area (Å²) in [5.74, 6) is 4.69. The zero-order chi connectivity index (χ0) is 32.2. The molecule has 4 aromatic carbocycles. The molecule has 4 aromatic rings. The minimum Gasteiger partial charge on any atom is -0.497 e. The summed E-state index contributed by atoms with van der Waals surface area (Å²) in [6.45, 7) is 3.30. The molecule has 0 radical (unpaired) electrons. The van der Waals surface area contributed by atoms with Gasteiger partial charge in [-0.05, 0) is 94.8 Å². The molecule has 0 saturated carbocycles. The number of fused-ring (bicyclic) bond motifs is 2. The molecule has 0 spiro atoms. The minimum absolute atomic E-state index is 0.00230. The number of nitrogens with zero attached hydrogens (tertiary/aromatic N) is 2. The van der Waals surface area contributed by atoms with Gasteiger partial charge < -0.3 is 28.4 Å². The molecule has 242 valence electrons. The van der Waals surface area contributed by atoms with Gasteiger partial charge in [0.15, 0.2) is 23.0 Å². The Morgan fingerprint density at radius 1 is 0.500 bits per heavy atom. The fourth-order valence-electron chi connectivity index (χ4n) is 7.16. The molecule has 0 aliphatic carbocycles. The van der Waals surface area contributed by atoms with Crippen LogP contribution in [0.5, 0.6) is 34.5 Å². The van der Waals surface area contributed by atoms with Crippen LogP contribution >= 0.6 is 0 Å². The van der Waals surface area contributed by atoms with Crippen LogP contribution in [0.1, 0.15) is 45.5 Å². The third kappa shape index (κ3) is 6.19. The molecule has 2 aliphatic heterocycles. The van der Waals surface area contributed by atoms with Crippen molar-refractivity contribution in [1.82, 2.24) is 9.80 Å². The normalized spacial score (nSPS) is 17.9. The van der Waals surface area contributed by atoms with Crippen LogP contribution in [0, 0.1) is 0 Å². The van der Waals surface area contributed by atoms with Gasteiger partial charge in [0.2, 0.25) is 0 Å². The lowest BCUT2D eigenvalue weighted by atomic mass is 9.80. The molecular weight excluding hydrogens is 580 g/mol. The lowest BCUT2D eigenvalue weighted by Gasteiger charge is -2.48. The maximum Gasteiger partial charge on any atom is 0.161 e. The van der Waals surface area contributed by atoms with E-state index in [1.807, 2.05) is 12.1 Å². The number of benzene rings is 4. The van der Waals surface area contributed by atoms with Crippen LogP contribution < -0.4 is 28.4 Å². The first-order valence-corrected chi connectivity index (χ1v) is 15.7. The number of methoxy groups -OCH3 is 6. The molecule has 8 heteroatoms. The summed E-state index contributed by atoms with van der Waals surface area (Å²) in [4.78, 5) is 5.22. The van der Waals surface area contributed by atoms with Gasteiger partial charge in [-0.3, -0.25) is 9.80 Å². The number of ether oxygens (including phenoxy) is 6. The first-order chi connectivity index (χ1) is 22.5. The quantitative estimate of drug-likeness (QED) is 0.184. The molecule has 46 heavy (non-hydrogen) atoms. The van der Waals surface area contributed by atoms with Gasteiger partial charge >= 0.3 is 0 Å². The van der Waals surface area contributed by atoms with E-state index in [1.54, 1.807) is 42.7 Å². The van der Waals surface area contributed by atoms with Crippen LogP contribution in [0.3, 0.4) is 0 Å². The highest BCUT2D eigenvalue weighted by Gasteiger charge is 2.42. The van der Waals surface area contributed by atoms with E-state index in [0.29, 0.717) is 0 Å². The van der Waals surface area contributed by atoms with Gasteiger partial charge in [-0.15, -0.1) is 0 Å². The largest absolute Gasteiger partial charge is 0.497 e. The van der Waals surface area contributed by atoms with Crippen LogP contribution in [-0.4, -0.2) is 65.5 Å². The molecule has 8 nitrogen and oxygen atoms in total. The second-order valence-corrected chi connectivity index (χ2v) is 11.8. The van der Waals surface area contributed by atoms with Crippen LogP contribution in [0.25, 0.3) is 0 Å². The maximum atomic E-state index is 5.88. The van der Waals surface area contributed by atoms with E-state index in [2.05, 4.69) is 70.5 Å². The van der Waals surface area contributed by atoms with Crippen molar-refractivity contribution in [2.24, 2.45) is 0 Å². The average molecular weight is 625 g/mol. The molecule has 0 aromatic heterocycles. The lowest BCUT2D eigenvalue weighted by Crippen LogP contribution is -2.46. The maximum absolute atomic E-state index is 5.88. The molecule has 2 aliphatic rings. The number of rotatable bonds is 11. The van der Waals surface area contributed by atoms with Crippen molar-refractivity contribution in [3.8, 4) is 34.5 Å². The number of hydrogen-bond acceptors (Lipinski definition) is 8. The predicted molar refractivity (Wildman–Crippen MR) is 179 cm³/mol. The highest BCUT2D eigenvalue weighted by molar-refractivity contribution is 5.53. The zero-order valence-corrected chi connectivity index (χ0v) is 27.7. The van der Waals surface area contributed by atoms with E-state index in [-0.39, 0.29) is 12.1 Å². The second kappa shape index (κ2) is 13.9. The van der Waals surface area contributed by atoms with Crippen molar-refractivity contribution in [1.29, 1.82) is 0 Å². The predicted octanol–water partition coefficient (Wildman–Crippen LogP) is 6.64. The number of hydrogen-bond donors (Lipinski definition) is 0. The Bertz CT molecular complexity index is 1550. The molecular formula is C38H44N2O6. The van der Waals surface area contributed by atoms with Crippen molar-refractivity contribution < 1.29 is 28.4 Å². The second-order valence-electron chi connectivity index (χ2n) is 11.8. The van der Waals surface area contributed by atoms with Crippen LogP contribution in [0.4, 0.5) is 0 Å². The SMILES string of the molecule is COc1cccc(CN2CCc3cc(OC)c(OC)cc3[C@H]2[C@@H]2c3cc(OC)c(OC)cc3CCN2Cc2cccc(OC)c2)c1. The molecule has 0 bridgehead atoms. The average Bonchev–Trinajstić information content (AvgIpc) is 3.10. The van der Waals surface area contributed by atoms with Gasteiger partial charge in [0.05, 0.1) is 54.7 Å². The summed E-state index contributed by atoms with van der Waals surface area (Å²) in [6.07, 6.45) is 1.80. The molecule has 6 rings (SSSR count). The van der Waals surface area contributed by atoms with E-state index in [9.17, 15) is 0 Å². The molecule has 2 atom stereocenters. The Labute approximate surface area is 272 Å². The molecule has 0 fully saturated rings. The van der Waals surface area contributed by atoms with Crippen LogP contribution in [0.2, 0.25) is 0 Å². The lowest BCUT2D eigenvalue weighted by molar-refractivity contribution is 0.0515. The Morgan fingerprint density at radius 3 is 1.26 bits per heavy atom. The topological polar surface area (TPSA) is 61.9 Å². The van der Waals surface area contributed by atoms with Gasteiger partial charge in [-0.1, -0.05) is 24.3 Å². The smallest absolute Gasteiger partial charge is 0.161 e. The molecule has 2 heterocycles. The van der Waals surface area contributed by atoms with Crippen molar-refractivity contribution in [3.05, 3.63) is 106 Å². The summed E-state index contributed by atoms with van der Waals surface area (Å²) in [5.41, 5.74) is 7.45. The van der Waals surface area contributed by atoms with Gasteiger partial charge in [-0.2, -0.15) is 0 Å². The van der Waals surface area contributed by atoms with E-state index in [4.69, 9.17) is 28.4 Å². The van der Waals surface area contributed by atoms with Crippen molar-refractivity contribution >= 4 is 0 Å². The molecule has 0 N–H and O–H groups in total. The Hall–Kier alpha value is -4.40. The fourth-order valence-corrected chi connectivity index (χ4v) is 7.16. The van der Waals surface area contributed by atoms with Gasteiger partial charge in [-0.25, -0.2) is 0 Å². The van der Waals surface area contributed by atoms with E-state index in [0.717, 1.165) is 73.5 Å². The Kier molecular flexibility index (Phi) is 9.56. The van der Waals surface area contributed by atoms with Gasteiger partial charge in [0.25, 0.3) is 0 Å². The molecule has 0 unspecified atom stereocenters. The first kappa shape index (κ1) is 31.6. The standard InChI is InChI=1S/C38H44N2O6/c1-41-29-11-7-9-25(17-29)23-39-15-13-27-19-33(43-3)35(45-5)21-31(27)37(39)38-32-22-36(46-6)34(44-4)20-28(32)14-16-40(38)24-26-10-8-12-30(18-26)42-2/h7-12,17-22,37-38H,13-16,23-24H2,1-6H3/t37-,38-/m0/s1. The van der Waals surface area contributed by atoms with Crippen LogP contribution in [-0.2, 0) is 25.9 Å². The van der Waals surface area contributed by atoms with Crippen molar-refractivity contribution in [2.45, 2.75) is 38.0 Å². The highest BCUT2D eigenvalue weighted by atomic mass is 16.5. The monoisotopic (exact) mass is 624 g/mol. The van der Waals surface area contributed by atoms with Gasteiger partial charge in [0.1, 0.15) is 11.5 Å². The van der Waals surface area contributed by atoms with Gasteiger partial charge in [0, 0.05) is 26.2 Å². The third-order valence-corrected chi connectivity index (χ3v) is 9.39. The summed E-state index contributed by atoms with van der Waals surface area (Å²) in [5, 5.41) is 0. The van der Waals surface area contributed by atoms with E-state index >= 15 is 0 Å². The summed E-state index contributed by atoms with van der Waals surface area (Å²) in [6, 6.07) is 25.5. The van der Waals surface area contributed by atoms with E-state index < -0.39 is 0 Å². The zero-order valence-electron chi connectivity index (χ0n) is 27.7. The summed E-state index contributed by atoms with van der Waals surface area (Å²) >= 11 is 0. The Balaban J connectivity index is 1.54. The van der Waals surface area contributed by atoms with Crippen molar-refractivity contribution in [3.63, 3.8) is 0 Å². The minimum atomic E-state index is -0.00230. The van der Waals surface area contributed by atoms with Crippen molar-refractivity contribution in [2.75, 3.05) is 55.7 Å². The molecule has 0 saturated heterocycles. The highest BCUT2D eigenvalue weighted by Crippen LogP contribution is 2.50. The first-order valence-electron chi connectivity index (χ1n) is 15.7.